The lowest BCUT2D eigenvalue weighted by molar-refractivity contribution is 0.0611. The lowest BCUT2D eigenvalue weighted by Gasteiger charge is -2.52. The zero-order valence-corrected chi connectivity index (χ0v) is 8.57. The Morgan fingerprint density at radius 2 is 2.17 bits per heavy atom. The highest BCUT2D eigenvalue weighted by atomic mass is 32.2. The van der Waals surface area contributed by atoms with Gasteiger partial charge in [-0.25, -0.2) is 0 Å². The summed E-state index contributed by atoms with van der Waals surface area (Å²) in [5.41, 5.74) is 6.20. The van der Waals surface area contributed by atoms with Crippen LogP contribution < -0.4 is 5.73 Å². The lowest BCUT2D eigenvalue weighted by atomic mass is 9.87. The molecule has 2 N–H and O–H groups in total. The van der Waals surface area contributed by atoms with Crippen LogP contribution in [-0.4, -0.2) is 41.6 Å². The zero-order chi connectivity index (χ0) is 8.60. The van der Waals surface area contributed by atoms with Gasteiger partial charge in [-0.3, -0.25) is 4.90 Å². The molecule has 70 valence electrons. The molecule has 1 aliphatic heterocycles. The summed E-state index contributed by atoms with van der Waals surface area (Å²) in [4.78, 5) is 2.55. The topological polar surface area (TPSA) is 29.3 Å². The Morgan fingerprint density at radius 3 is 2.42 bits per heavy atom. The summed E-state index contributed by atoms with van der Waals surface area (Å²) < 4.78 is 0. The minimum Gasteiger partial charge on any atom is -0.329 e. The monoisotopic (exact) mass is 186 g/mol. The van der Waals surface area contributed by atoms with Crippen LogP contribution in [0.5, 0.6) is 0 Å². The van der Waals surface area contributed by atoms with Crippen LogP contribution >= 0.6 is 11.8 Å². The van der Waals surface area contributed by atoms with E-state index in [-0.39, 0.29) is 0 Å². The molecule has 0 spiro atoms. The van der Waals surface area contributed by atoms with Gasteiger partial charge in [0, 0.05) is 24.1 Å². The Bertz CT molecular complexity index is 158. The van der Waals surface area contributed by atoms with E-state index in [0.717, 1.165) is 12.6 Å². The molecule has 0 radical (unpaired) electrons. The van der Waals surface area contributed by atoms with Crippen molar-refractivity contribution in [3.05, 3.63) is 0 Å². The Labute approximate surface area is 78.9 Å². The van der Waals surface area contributed by atoms with Crippen molar-refractivity contribution in [3.63, 3.8) is 0 Å². The molecule has 0 bridgehead atoms. The molecule has 0 aromatic rings. The second-order valence-electron chi connectivity index (χ2n) is 4.12. The van der Waals surface area contributed by atoms with Crippen LogP contribution in [0.25, 0.3) is 0 Å². The average molecular weight is 186 g/mol. The van der Waals surface area contributed by atoms with Crippen molar-refractivity contribution in [3.8, 4) is 0 Å². The molecule has 1 saturated carbocycles. The maximum Gasteiger partial charge on any atom is 0.0511 e. The van der Waals surface area contributed by atoms with Gasteiger partial charge in [-0.1, -0.05) is 6.42 Å². The molecule has 0 aromatic heterocycles. The van der Waals surface area contributed by atoms with Crippen LogP contribution in [0.4, 0.5) is 0 Å². The summed E-state index contributed by atoms with van der Waals surface area (Å²) in [6.07, 6.45) is 4.20. The predicted octanol–water partition coefficient (Wildman–Crippen LogP) is 0.915. The fraction of sp³-hybridized carbons (Fsp3) is 1.00. The van der Waals surface area contributed by atoms with Crippen molar-refractivity contribution in [2.75, 3.05) is 25.1 Å². The first-order valence-electron chi connectivity index (χ1n) is 4.79. The third-order valence-electron chi connectivity index (χ3n) is 3.49. The van der Waals surface area contributed by atoms with E-state index < -0.39 is 0 Å². The van der Waals surface area contributed by atoms with Gasteiger partial charge < -0.3 is 5.73 Å². The van der Waals surface area contributed by atoms with Gasteiger partial charge in [0.25, 0.3) is 0 Å². The minimum absolute atomic E-state index is 0.371. The molecule has 12 heavy (non-hydrogen) atoms. The van der Waals surface area contributed by atoms with Gasteiger partial charge in [-0.15, -0.1) is 0 Å². The van der Waals surface area contributed by atoms with E-state index in [9.17, 15) is 0 Å². The summed E-state index contributed by atoms with van der Waals surface area (Å²) in [6.45, 7) is 0.840. The van der Waals surface area contributed by atoms with Crippen molar-refractivity contribution < 1.29 is 0 Å². The summed E-state index contributed by atoms with van der Waals surface area (Å²) in [7, 11) is 2.26. The maximum absolute atomic E-state index is 5.83. The standard InChI is InChI=1S/C9H18N2S/c1-11(8-3-2-4-8)9(5-10)6-12-7-9/h8H,2-7,10H2,1H3. The van der Waals surface area contributed by atoms with E-state index in [4.69, 9.17) is 5.73 Å². The SMILES string of the molecule is CN(C1CCC1)C1(CN)CSC1. The van der Waals surface area contributed by atoms with Gasteiger partial charge in [0.1, 0.15) is 0 Å². The lowest BCUT2D eigenvalue weighted by Crippen LogP contribution is -2.65. The number of hydrogen-bond donors (Lipinski definition) is 1. The van der Waals surface area contributed by atoms with Crippen molar-refractivity contribution in [2.45, 2.75) is 30.8 Å². The first-order valence-corrected chi connectivity index (χ1v) is 5.95. The molecule has 2 rings (SSSR count). The first kappa shape index (κ1) is 8.85. The number of rotatable bonds is 3. The highest BCUT2D eigenvalue weighted by Crippen LogP contribution is 2.38. The van der Waals surface area contributed by atoms with Gasteiger partial charge in [0.2, 0.25) is 0 Å². The number of likely N-dealkylation sites (N-methyl/N-ethyl adjacent to an activating group) is 1. The third-order valence-corrected chi connectivity index (χ3v) is 4.97. The third kappa shape index (κ3) is 1.19. The molecule has 2 aliphatic rings. The molecule has 0 aromatic carbocycles. The fourth-order valence-corrected chi connectivity index (χ4v) is 3.28. The van der Waals surface area contributed by atoms with Gasteiger partial charge in [-0.2, -0.15) is 11.8 Å². The van der Waals surface area contributed by atoms with E-state index in [1.165, 1.54) is 30.8 Å². The van der Waals surface area contributed by atoms with Crippen molar-refractivity contribution in [2.24, 2.45) is 5.73 Å². The molecule has 1 heterocycles. The van der Waals surface area contributed by atoms with Crippen LogP contribution in [0.3, 0.4) is 0 Å². The minimum atomic E-state index is 0.371. The maximum atomic E-state index is 5.83. The van der Waals surface area contributed by atoms with Gasteiger partial charge in [0.05, 0.1) is 5.54 Å². The molecule has 2 nitrogen and oxygen atoms in total. The molecule has 1 aliphatic carbocycles. The van der Waals surface area contributed by atoms with E-state index >= 15 is 0 Å². The van der Waals surface area contributed by atoms with E-state index in [1.54, 1.807) is 0 Å². The normalized spacial score (nSPS) is 28.2. The molecular weight excluding hydrogens is 168 g/mol. The van der Waals surface area contributed by atoms with Crippen molar-refractivity contribution in [1.29, 1.82) is 0 Å². The zero-order valence-electron chi connectivity index (χ0n) is 7.75. The molecular formula is C9H18N2S. The number of hydrogen-bond acceptors (Lipinski definition) is 3. The van der Waals surface area contributed by atoms with Gasteiger partial charge in [0.15, 0.2) is 0 Å². The Kier molecular flexibility index (Phi) is 2.36. The summed E-state index contributed by atoms with van der Waals surface area (Å²) >= 11 is 2.03. The fourth-order valence-electron chi connectivity index (χ4n) is 1.96. The van der Waals surface area contributed by atoms with Gasteiger partial charge in [-0.05, 0) is 19.9 Å². The van der Waals surface area contributed by atoms with Crippen LogP contribution in [0.2, 0.25) is 0 Å². The Balaban J connectivity index is 1.95. The van der Waals surface area contributed by atoms with Crippen LogP contribution in [0.15, 0.2) is 0 Å². The van der Waals surface area contributed by atoms with Crippen LogP contribution in [-0.2, 0) is 0 Å². The van der Waals surface area contributed by atoms with Gasteiger partial charge >= 0.3 is 0 Å². The summed E-state index contributed by atoms with van der Waals surface area (Å²) in [5.74, 6) is 2.49. The quantitative estimate of drug-likeness (QED) is 0.710. The molecule has 0 amide bonds. The smallest absolute Gasteiger partial charge is 0.0511 e. The summed E-state index contributed by atoms with van der Waals surface area (Å²) in [5, 5.41) is 0. The van der Waals surface area contributed by atoms with E-state index in [1.807, 2.05) is 11.8 Å². The first-order chi connectivity index (χ1) is 5.78. The predicted molar refractivity (Wildman–Crippen MR) is 54.5 cm³/mol. The number of nitrogens with two attached hydrogens (primary N) is 1. The second kappa shape index (κ2) is 3.20. The van der Waals surface area contributed by atoms with Crippen molar-refractivity contribution >= 4 is 11.8 Å². The van der Waals surface area contributed by atoms with E-state index in [0.29, 0.717) is 5.54 Å². The molecule has 0 atom stereocenters. The second-order valence-corrected chi connectivity index (χ2v) is 5.10. The Morgan fingerprint density at radius 1 is 1.50 bits per heavy atom. The highest BCUT2D eigenvalue weighted by molar-refractivity contribution is 8.00. The van der Waals surface area contributed by atoms with Crippen LogP contribution in [0, 0.1) is 0 Å². The van der Waals surface area contributed by atoms with Crippen LogP contribution in [0.1, 0.15) is 19.3 Å². The molecule has 3 heteroatoms. The molecule has 0 unspecified atom stereocenters. The summed E-state index contributed by atoms with van der Waals surface area (Å²) in [6, 6.07) is 0.842. The number of nitrogens with zero attached hydrogens (tertiary/aromatic N) is 1. The van der Waals surface area contributed by atoms with Crippen molar-refractivity contribution in [1.82, 2.24) is 4.90 Å². The molecule has 2 fully saturated rings. The average Bonchev–Trinajstić information content (AvgIpc) is 1.81. The number of thioether (sulfide) groups is 1. The molecule has 1 saturated heterocycles. The largest absolute Gasteiger partial charge is 0.329 e. The highest BCUT2D eigenvalue weighted by Gasteiger charge is 2.43. The van der Waals surface area contributed by atoms with E-state index in [2.05, 4.69) is 11.9 Å². The Hall–Kier alpha value is 0.270.